The lowest BCUT2D eigenvalue weighted by Crippen LogP contribution is -2.25. The van der Waals surface area contributed by atoms with Gasteiger partial charge in [-0.05, 0) is 62.9 Å². The van der Waals surface area contributed by atoms with Gasteiger partial charge in [0.2, 0.25) is 0 Å². The molecule has 1 aromatic heterocycles. The Morgan fingerprint density at radius 2 is 1.86 bits per heavy atom. The second kappa shape index (κ2) is 8.29. The Morgan fingerprint density at radius 3 is 2.64 bits per heavy atom. The lowest BCUT2D eigenvalue weighted by atomic mass is 10.2. The molecular weight excluding hydrogens is 412 g/mol. The van der Waals surface area contributed by atoms with Crippen LogP contribution in [0.3, 0.4) is 0 Å². The van der Waals surface area contributed by atoms with Gasteiger partial charge in [-0.15, -0.1) is 0 Å². The van der Waals surface area contributed by atoms with Crippen LogP contribution in [0.2, 0.25) is 0 Å². The van der Waals surface area contributed by atoms with Gasteiger partial charge < -0.3 is 9.88 Å². The third-order valence-electron chi connectivity index (χ3n) is 3.18. The summed E-state index contributed by atoms with van der Waals surface area (Å²) >= 11 is 6.71. The van der Waals surface area contributed by atoms with Crippen LogP contribution in [0.25, 0.3) is 0 Å². The summed E-state index contributed by atoms with van der Waals surface area (Å²) in [6, 6.07) is 10.6. The Balaban J connectivity index is 1.76. The molecule has 0 spiro atoms. The van der Waals surface area contributed by atoms with Crippen LogP contribution < -0.4 is 10.9 Å². The molecule has 6 heteroatoms. The van der Waals surface area contributed by atoms with E-state index in [1.807, 2.05) is 18.2 Å². The van der Waals surface area contributed by atoms with Crippen LogP contribution in [-0.2, 0) is 6.54 Å². The number of benzene rings is 1. The molecule has 0 aliphatic carbocycles. The van der Waals surface area contributed by atoms with Gasteiger partial charge in [-0.3, -0.25) is 9.59 Å². The molecule has 0 fully saturated rings. The highest BCUT2D eigenvalue weighted by Crippen LogP contribution is 2.15. The van der Waals surface area contributed by atoms with Crippen LogP contribution >= 0.6 is 31.9 Å². The summed E-state index contributed by atoms with van der Waals surface area (Å²) in [6.07, 6.45) is 3.42. The van der Waals surface area contributed by atoms with Crippen LogP contribution in [0, 0.1) is 0 Å². The van der Waals surface area contributed by atoms with Crippen LogP contribution in [0.15, 0.2) is 56.3 Å². The molecule has 0 bridgehead atoms. The Hall–Kier alpha value is -1.40. The number of pyridine rings is 1. The monoisotopic (exact) mass is 426 g/mol. The van der Waals surface area contributed by atoms with E-state index in [1.165, 1.54) is 0 Å². The average molecular weight is 428 g/mol. The lowest BCUT2D eigenvalue weighted by Gasteiger charge is -2.08. The fraction of sp³-hybridized carbons (Fsp3) is 0.250. The summed E-state index contributed by atoms with van der Waals surface area (Å²) in [4.78, 5) is 23.6. The number of hydrogen-bond acceptors (Lipinski definition) is 2. The maximum absolute atomic E-state index is 12.0. The van der Waals surface area contributed by atoms with Crippen molar-refractivity contribution in [2.24, 2.45) is 0 Å². The standard InChI is InChI=1S/C16H16Br2N2O2/c17-12-7-8-15(21)20(11-12)10-4-3-9-19-16(22)13-5-1-2-6-14(13)18/h1-2,5-8,11H,3-4,9-10H2,(H,19,22). The number of hydrogen-bond donors (Lipinski definition) is 1. The zero-order valence-electron chi connectivity index (χ0n) is 11.9. The molecule has 2 aromatic rings. The molecule has 0 radical (unpaired) electrons. The molecular formula is C16H16Br2N2O2. The summed E-state index contributed by atoms with van der Waals surface area (Å²) in [5.41, 5.74) is 0.617. The molecule has 2 rings (SSSR count). The number of aromatic nitrogens is 1. The normalized spacial score (nSPS) is 10.5. The van der Waals surface area contributed by atoms with Gasteiger partial charge in [0.1, 0.15) is 0 Å². The molecule has 0 unspecified atom stereocenters. The van der Waals surface area contributed by atoms with E-state index < -0.39 is 0 Å². The van der Waals surface area contributed by atoms with Crippen LogP contribution in [0.4, 0.5) is 0 Å². The molecule has 0 aliphatic heterocycles. The molecule has 4 nitrogen and oxygen atoms in total. The van der Waals surface area contributed by atoms with Crippen molar-refractivity contribution in [2.75, 3.05) is 6.54 Å². The van der Waals surface area contributed by atoms with Gasteiger partial charge in [0.25, 0.3) is 11.5 Å². The van der Waals surface area contributed by atoms with Gasteiger partial charge >= 0.3 is 0 Å². The maximum atomic E-state index is 12.0. The van der Waals surface area contributed by atoms with Crippen molar-refractivity contribution in [3.05, 3.63) is 67.5 Å². The van der Waals surface area contributed by atoms with Gasteiger partial charge in [0, 0.05) is 34.3 Å². The van der Waals surface area contributed by atoms with Crippen molar-refractivity contribution in [1.82, 2.24) is 9.88 Å². The average Bonchev–Trinajstić information content (AvgIpc) is 2.50. The zero-order chi connectivity index (χ0) is 15.9. The van der Waals surface area contributed by atoms with E-state index in [1.54, 1.807) is 29.0 Å². The van der Waals surface area contributed by atoms with Crippen molar-refractivity contribution >= 4 is 37.8 Å². The SMILES string of the molecule is O=C(NCCCCn1cc(Br)ccc1=O)c1ccccc1Br. The third-order valence-corrected chi connectivity index (χ3v) is 4.34. The Bertz CT molecular complexity index is 713. The largest absolute Gasteiger partial charge is 0.352 e. The fourth-order valence-corrected chi connectivity index (χ4v) is 2.87. The number of rotatable bonds is 6. The number of nitrogens with one attached hydrogen (secondary N) is 1. The Morgan fingerprint density at radius 1 is 1.09 bits per heavy atom. The summed E-state index contributed by atoms with van der Waals surface area (Å²) in [5, 5.41) is 2.89. The summed E-state index contributed by atoms with van der Waals surface area (Å²) < 4.78 is 3.34. The van der Waals surface area contributed by atoms with E-state index in [4.69, 9.17) is 0 Å². The topological polar surface area (TPSA) is 51.1 Å². The number of halogens is 2. The van der Waals surface area contributed by atoms with Crippen molar-refractivity contribution in [3.8, 4) is 0 Å². The van der Waals surface area contributed by atoms with Gasteiger partial charge in [-0.25, -0.2) is 0 Å². The number of aryl methyl sites for hydroxylation is 1. The van der Waals surface area contributed by atoms with Crippen LogP contribution in [0.1, 0.15) is 23.2 Å². The summed E-state index contributed by atoms with van der Waals surface area (Å²) in [6.45, 7) is 1.23. The van der Waals surface area contributed by atoms with Gasteiger partial charge in [-0.1, -0.05) is 12.1 Å². The highest BCUT2D eigenvalue weighted by molar-refractivity contribution is 9.10. The molecule has 1 heterocycles. The van der Waals surface area contributed by atoms with Gasteiger partial charge in [0.05, 0.1) is 5.56 Å². The maximum Gasteiger partial charge on any atom is 0.252 e. The fourth-order valence-electron chi connectivity index (χ4n) is 2.03. The van der Waals surface area contributed by atoms with Crippen molar-refractivity contribution < 1.29 is 4.79 Å². The van der Waals surface area contributed by atoms with Crippen LogP contribution in [0.5, 0.6) is 0 Å². The molecule has 116 valence electrons. The molecule has 0 saturated carbocycles. The molecule has 22 heavy (non-hydrogen) atoms. The second-order valence-corrected chi connectivity index (χ2v) is 6.59. The van der Waals surface area contributed by atoms with E-state index in [9.17, 15) is 9.59 Å². The van der Waals surface area contributed by atoms with Crippen LogP contribution in [-0.4, -0.2) is 17.0 Å². The molecule has 0 saturated heterocycles. The smallest absolute Gasteiger partial charge is 0.252 e. The quantitative estimate of drug-likeness (QED) is 0.716. The number of carbonyl (C=O) groups is 1. The predicted octanol–water partition coefficient (Wildman–Crippen LogP) is 3.58. The minimum Gasteiger partial charge on any atom is -0.352 e. The molecule has 0 atom stereocenters. The summed E-state index contributed by atoms with van der Waals surface area (Å²) in [7, 11) is 0. The van der Waals surface area contributed by atoms with Gasteiger partial charge in [0.15, 0.2) is 0 Å². The first-order chi connectivity index (χ1) is 10.6. The summed E-state index contributed by atoms with van der Waals surface area (Å²) in [5.74, 6) is -0.0907. The minimum absolute atomic E-state index is 0.0135. The van der Waals surface area contributed by atoms with E-state index >= 15 is 0 Å². The molecule has 1 amide bonds. The highest BCUT2D eigenvalue weighted by atomic mass is 79.9. The first-order valence-electron chi connectivity index (χ1n) is 6.96. The van der Waals surface area contributed by atoms with Crippen molar-refractivity contribution in [2.45, 2.75) is 19.4 Å². The first-order valence-corrected chi connectivity index (χ1v) is 8.55. The Labute approximate surface area is 145 Å². The van der Waals surface area contributed by atoms with E-state index in [0.29, 0.717) is 18.7 Å². The van der Waals surface area contributed by atoms with Crippen molar-refractivity contribution in [1.29, 1.82) is 0 Å². The molecule has 0 aliphatic rings. The molecule has 1 aromatic carbocycles. The number of unbranched alkanes of at least 4 members (excludes halogenated alkanes) is 1. The zero-order valence-corrected chi connectivity index (χ0v) is 15.1. The van der Waals surface area contributed by atoms with E-state index in [0.717, 1.165) is 21.8 Å². The predicted molar refractivity (Wildman–Crippen MR) is 94.1 cm³/mol. The van der Waals surface area contributed by atoms with E-state index in [2.05, 4.69) is 37.2 Å². The number of carbonyl (C=O) groups excluding carboxylic acids is 1. The number of amides is 1. The third kappa shape index (κ3) is 4.81. The van der Waals surface area contributed by atoms with Crippen molar-refractivity contribution in [3.63, 3.8) is 0 Å². The highest BCUT2D eigenvalue weighted by Gasteiger charge is 2.07. The lowest BCUT2D eigenvalue weighted by molar-refractivity contribution is 0.0952. The minimum atomic E-state index is -0.0907. The first kappa shape index (κ1) is 17.0. The number of nitrogens with zero attached hydrogens (tertiary/aromatic N) is 1. The molecule has 1 N–H and O–H groups in total. The second-order valence-electron chi connectivity index (χ2n) is 4.82. The van der Waals surface area contributed by atoms with E-state index in [-0.39, 0.29) is 11.5 Å². The Kier molecular flexibility index (Phi) is 6.39. The van der Waals surface area contributed by atoms with Gasteiger partial charge in [-0.2, -0.15) is 0 Å².